The van der Waals surface area contributed by atoms with Crippen LogP contribution in [0.25, 0.3) is 0 Å². The number of aromatic nitrogens is 2. The van der Waals surface area contributed by atoms with Crippen LogP contribution in [-0.4, -0.2) is 53.4 Å². The zero-order chi connectivity index (χ0) is 19.9. The molecule has 0 aromatic carbocycles. The summed E-state index contributed by atoms with van der Waals surface area (Å²) in [6.07, 6.45) is 10.1. The highest BCUT2D eigenvalue weighted by Crippen LogP contribution is 2.57. The maximum atomic E-state index is 12.8. The summed E-state index contributed by atoms with van der Waals surface area (Å²) in [4.78, 5) is 14.8. The molecule has 1 aliphatic heterocycles. The van der Waals surface area contributed by atoms with Gasteiger partial charge in [0.1, 0.15) is 0 Å². The van der Waals surface area contributed by atoms with Crippen LogP contribution in [0.3, 0.4) is 0 Å². The smallest absolute Gasteiger partial charge is 0.223 e. The molecule has 28 heavy (non-hydrogen) atoms. The molecule has 3 fully saturated rings. The zero-order valence-corrected chi connectivity index (χ0v) is 17.9. The van der Waals surface area contributed by atoms with Crippen LogP contribution in [0.1, 0.15) is 57.6 Å². The Hall–Kier alpha value is -1.40. The van der Waals surface area contributed by atoms with Crippen molar-refractivity contribution in [1.29, 1.82) is 0 Å². The highest BCUT2D eigenvalue weighted by atomic mass is 16.5. The molecule has 0 unspecified atom stereocenters. The largest absolute Gasteiger partial charge is 0.383 e. The molecule has 3 aliphatic rings. The van der Waals surface area contributed by atoms with E-state index in [1.807, 2.05) is 22.8 Å². The van der Waals surface area contributed by atoms with Crippen LogP contribution in [0, 0.1) is 23.2 Å². The van der Waals surface area contributed by atoms with E-state index in [0.717, 1.165) is 23.9 Å². The second-order valence-corrected chi connectivity index (χ2v) is 9.70. The number of carbonyl (C=O) groups excluding carboxylic acids is 1. The average molecular weight is 389 g/mol. The summed E-state index contributed by atoms with van der Waals surface area (Å²) in [7, 11) is 3.63. The average Bonchev–Trinajstić information content (AvgIpc) is 3.22. The first-order chi connectivity index (χ1) is 13.4. The van der Waals surface area contributed by atoms with Gasteiger partial charge in [-0.25, -0.2) is 0 Å². The lowest BCUT2D eigenvalue weighted by Crippen LogP contribution is -2.65. The van der Waals surface area contributed by atoms with Crippen molar-refractivity contribution >= 4 is 5.91 Å². The highest BCUT2D eigenvalue weighted by molar-refractivity contribution is 5.79. The van der Waals surface area contributed by atoms with Gasteiger partial charge in [-0.3, -0.25) is 9.48 Å². The number of aryl methyl sites for hydroxylation is 1. The fourth-order valence-corrected chi connectivity index (χ4v) is 6.38. The lowest BCUT2D eigenvalue weighted by molar-refractivity contribution is -0.129. The molecule has 1 saturated heterocycles. The van der Waals surface area contributed by atoms with Gasteiger partial charge in [0.25, 0.3) is 0 Å². The van der Waals surface area contributed by atoms with Crippen LogP contribution < -0.4 is 5.32 Å². The summed E-state index contributed by atoms with van der Waals surface area (Å²) in [6.45, 7) is 6.97. The molecule has 5 atom stereocenters. The van der Waals surface area contributed by atoms with Gasteiger partial charge in [-0.15, -0.1) is 0 Å². The number of hydrogen-bond donors (Lipinski definition) is 1. The molecular weight excluding hydrogens is 352 g/mol. The molecule has 0 radical (unpaired) electrons. The number of fused-ring (bicyclic) bond motifs is 1. The molecule has 0 bridgehead atoms. The first-order valence-electron chi connectivity index (χ1n) is 10.9. The van der Waals surface area contributed by atoms with E-state index in [-0.39, 0.29) is 17.9 Å². The number of nitrogens with zero attached hydrogens (tertiary/aromatic N) is 3. The minimum Gasteiger partial charge on any atom is -0.383 e. The quantitative estimate of drug-likeness (QED) is 0.780. The highest BCUT2D eigenvalue weighted by Gasteiger charge is 2.56. The Morgan fingerprint density at radius 3 is 2.82 bits per heavy atom. The molecule has 1 N–H and O–H groups in total. The third kappa shape index (κ3) is 3.39. The van der Waals surface area contributed by atoms with Crippen LogP contribution in [-0.2, 0) is 16.6 Å². The van der Waals surface area contributed by atoms with Crippen molar-refractivity contribution < 1.29 is 9.53 Å². The number of carbonyl (C=O) groups is 1. The molecule has 4 rings (SSSR count). The molecule has 2 saturated carbocycles. The van der Waals surface area contributed by atoms with Gasteiger partial charge in [-0.2, -0.15) is 5.10 Å². The first kappa shape index (κ1) is 19.9. The van der Waals surface area contributed by atoms with Gasteiger partial charge in [0, 0.05) is 57.4 Å². The molecule has 156 valence electrons. The number of likely N-dealkylation sites (tertiary alicyclic amines) is 1. The number of rotatable bonds is 7. The van der Waals surface area contributed by atoms with E-state index < -0.39 is 0 Å². The molecule has 6 nitrogen and oxygen atoms in total. The van der Waals surface area contributed by atoms with Crippen molar-refractivity contribution in [3.8, 4) is 0 Å². The van der Waals surface area contributed by atoms with E-state index in [0.29, 0.717) is 31.0 Å². The molecule has 0 spiro atoms. The molecular formula is C22H36N4O2. The lowest BCUT2D eigenvalue weighted by atomic mass is 9.47. The number of amides is 1. The second kappa shape index (κ2) is 7.79. The molecule has 1 aromatic rings. The number of methoxy groups -OCH3 is 1. The van der Waals surface area contributed by atoms with E-state index in [2.05, 4.69) is 30.5 Å². The van der Waals surface area contributed by atoms with Crippen molar-refractivity contribution in [1.82, 2.24) is 20.0 Å². The predicted molar refractivity (Wildman–Crippen MR) is 109 cm³/mol. The Morgan fingerprint density at radius 1 is 1.32 bits per heavy atom. The van der Waals surface area contributed by atoms with Gasteiger partial charge in [0.05, 0.1) is 18.8 Å². The predicted octanol–water partition coefficient (Wildman–Crippen LogP) is 2.76. The number of nitrogens with one attached hydrogen (secondary N) is 1. The maximum Gasteiger partial charge on any atom is 0.223 e. The van der Waals surface area contributed by atoms with Gasteiger partial charge in [0.2, 0.25) is 5.91 Å². The van der Waals surface area contributed by atoms with Crippen molar-refractivity contribution in [2.75, 3.05) is 26.8 Å². The fraction of sp³-hybridized carbons (Fsp3) is 0.818. The summed E-state index contributed by atoms with van der Waals surface area (Å²) in [5.41, 5.74) is 1.51. The maximum absolute atomic E-state index is 12.8. The Morgan fingerprint density at radius 2 is 2.11 bits per heavy atom. The van der Waals surface area contributed by atoms with E-state index in [1.54, 1.807) is 7.11 Å². The molecule has 2 heterocycles. The van der Waals surface area contributed by atoms with E-state index in [1.165, 1.54) is 25.7 Å². The topological polar surface area (TPSA) is 59.4 Å². The van der Waals surface area contributed by atoms with Gasteiger partial charge in [0.15, 0.2) is 0 Å². The fourth-order valence-electron chi connectivity index (χ4n) is 6.38. The van der Waals surface area contributed by atoms with Gasteiger partial charge < -0.3 is 15.0 Å². The van der Waals surface area contributed by atoms with Crippen LogP contribution in [0.15, 0.2) is 12.4 Å². The third-order valence-electron chi connectivity index (χ3n) is 7.75. The standard InChI is InChI=1S/C22H36N4O2/c1-22(2)18-8-6-5-7-17(18)21(22)23-12-15-11-19(27)26(9-10-28-4)20(15)16-13-24-25(3)14-16/h13-15,17-18,20-21,23H,5-12H2,1-4H3/t15-,17+,18-,20+,21-/m0/s1. The second-order valence-electron chi connectivity index (χ2n) is 9.70. The molecule has 1 amide bonds. The molecule has 6 heteroatoms. The van der Waals surface area contributed by atoms with Gasteiger partial charge in [-0.05, 0) is 30.1 Å². The molecule has 1 aromatic heterocycles. The van der Waals surface area contributed by atoms with Crippen molar-refractivity contribution in [2.45, 2.75) is 58.0 Å². The monoisotopic (exact) mass is 388 g/mol. The third-order valence-corrected chi connectivity index (χ3v) is 7.75. The summed E-state index contributed by atoms with van der Waals surface area (Å²) < 4.78 is 7.09. The van der Waals surface area contributed by atoms with Crippen molar-refractivity contribution in [2.24, 2.45) is 30.2 Å². The SMILES string of the molecule is COCCN1C(=O)C[C@@H](CN[C@H]2[C@@H]3CCCC[C@@H]3C2(C)C)[C@@H]1c1cnn(C)c1. The van der Waals surface area contributed by atoms with Crippen LogP contribution in [0.4, 0.5) is 0 Å². The zero-order valence-electron chi connectivity index (χ0n) is 17.9. The minimum atomic E-state index is 0.0918. The Labute approximate surface area is 169 Å². The van der Waals surface area contributed by atoms with Crippen molar-refractivity contribution in [3.63, 3.8) is 0 Å². The van der Waals surface area contributed by atoms with E-state index in [4.69, 9.17) is 4.74 Å². The van der Waals surface area contributed by atoms with Gasteiger partial charge >= 0.3 is 0 Å². The van der Waals surface area contributed by atoms with Crippen LogP contribution in [0.5, 0.6) is 0 Å². The summed E-state index contributed by atoms with van der Waals surface area (Å²) in [6, 6.07) is 0.671. The summed E-state index contributed by atoms with van der Waals surface area (Å²) in [5, 5.41) is 8.28. The Kier molecular flexibility index (Phi) is 5.53. The Balaban J connectivity index is 1.47. The summed E-state index contributed by atoms with van der Waals surface area (Å²) in [5.74, 6) is 2.21. The Bertz CT molecular complexity index is 700. The number of hydrogen-bond acceptors (Lipinski definition) is 4. The molecule has 2 aliphatic carbocycles. The van der Waals surface area contributed by atoms with Crippen molar-refractivity contribution in [3.05, 3.63) is 18.0 Å². The van der Waals surface area contributed by atoms with Crippen LogP contribution in [0.2, 0.25) is 0 Å². The van der Waals surface area contributed by atoms with E-state index in [9.17, 15) is 4.79 Å². The summed E-state index contributed by atoms with van der Waals surface area (Å²) >= 11 is 0. The van der Waals surface area contributed by atoms with Crippen LogP contribution >= 0.6 is 0 Å². The normalized spacial score (nSPS) is 34.4. The number of ether oxygens (including phenoxy) is 1. The minimum absolute atomic E-state index is 0.0918. The lowest BCUT2D eigenvalue weighted by Gasteiger charge is -2.61. The van der Waals surface area contributed by atoms with Gasteiger partial charge in [-0.1, -0.05) is 26.7 Å². The van der Waals surface area contributed by atoms with E-state index >= 15 is 0 Å². The first-order valence-corrected chi connectivity index (χ1v) is 10.9.